The van der Waals surface area contributed by atoms with E-state index in [0.717, 1.165) is 51.4 Å². The average Bonchev–Trinajstić information content (AvgIpc) is 3.35. The molecule has 0 aliphatic heterocycles. The van der Waals surface area contributed by atoms with E-state index < -0.39 is 0 Å². The van der Waals surface area contributed by atoms with E-state index in [1.54, 1.807) is 24.3 Å². The molecule has 0 bridgehead atoms. The van der Waals surface area contributed by atoms with Crippen LogP contribution in [0.3, 0.4) is 0 Å². The van der Waals surface area contributed by atoms with Crippen molar-refractivity contribution in [2.24, 2.45) is 0 Å². The SMILES string of the molecule is CCCCCCCCCCCCOc1cc2c(cc1OCCCCCCCCCCCC)C(=O)c1cc(OCCCCCCCCCCCC)c(OCCCCCCCCCCCC)cc1C2=O. The fourth-order valence-corrected chi connectivity index (χ4v) is 9.70. The third-order valence-electron chi connectivity index (χ3n) is 14.2. The number of ketones is 2. The van der Waals surface area contributed by atoms with Crippen LogP contribution in [0.25, 0.3) is 0 Å². The molecule has 6 nitrogen and oxygen atoms in total. The van der Waals surface area contributed by atoms with E-state index in [4.69, 9.17) is 18.9 Å². The maximum Gasteiger partial charge on any atom is 0.194 e. The van der Waals surface area contributed by atoms with E-state index in [-0.39, 0.29) is 11.6 Å². The van der Waals surface area contributed by atoms with E-state index in [1.165, 1.54) is 205 Å². The number of ether oxygens (including phenoxy) is 4. The first-order chi connectivity index (χ1) is 33.5. The fraction of sp³-hybridized carbons (Fsp3) is 0.774. The molecule has 0 atom stereocenters. The van der Waals surface area contributed by atoms with Crippen molar-refractivity contribution in [3.8, 4) is 23.0 Å². The highest BCUT2D eigenvalue weighted by atomic mass is 16.5. The number of benzene rings is 2. The van der Waals surface area contributed by atoms with Gasteiger partial charge in [0.15, 0.2) is 34.6 Å². The van der Waals surface area contributed by atoms with Gasteiger partial charge in [0.25, 0.3) is 0 Å². The molecule has 68 heavy (non-hydrogen) atoms. The summed E-state index contributed by atoms with van der Waals surface area (Å²) in [5, 5.41) is 0. The van der Waals surface area contributed by atoms with Gasteiger partial charge in [-0.1, -0.05) is 259 Å². The molecule has 1 aliphatic carbocycles. The Morgan fingerprint density at radius 2 is 0.382 bits per heavy atom. The lowest BCUT2D eigenvalue weighted by atomic mass is 9.83. The molecule has 0 N–H and O–H groups in total. The summed E-state index contributed by atoms with van der Waals surface area (Å²) in [7, 11) is 0. The van der Waals surface area contributed by atoms with Gasteiger partial charge in [0.05, 0.1) is 26.4 Å². The van der Waals surface area contributed by atoms with Crippen molar-refractivity contribution in [1.82, 2.24) is 0 Å². The van der Waals surface area contributed by atoms with E-state index in [0.29, 0.717) is 71.7 Å². The van der Waals surface area contributed by atoms with Crippen LogP contribution >= 0.6 is 0 Å². The summed E-state index contributed by atoms with van der Waals surface area (Å²) in [6, 6.07) is 7.12. The zero-order valence-electron chi connectivity index (χ0n) is 44.9. The van der Waals surface area contributed by atoms with Crippen molar-refractivity contribution in [1.29, 1.82) is 0 Å². The van der Waals surface area contributed by atoms with Gasteiger partial charge in [-0.05, 0) is 49.9 Å². The summed E-state index contributed by atoms with van der Waals surface area (Å²) in [5.74, 6) is 1.89. The average molecular weight is 946 g/mol. The van der Waals surface area contributed by atoms with Crippen LogP contribution in [-0.2, 0) is 0 Å². The molecular formula is C62H104O6. The predicted octanol–water partition coefficient (Wildman–Crippen LogP) is 19.7. The van der Waals surface area contributed by atoms with E-state index in [1.807, 2.05) is 0 Å². The lowest BCUT2D eigenvalue weighted by Crippen LogP contribution is -2.22. The lowest BCUT2D eigenvalue weighted by molar-refractivity contribution is 0.0977. The summed E-state index contributed by atoms with van der Waals surface area (Å²) in [5.41, 5.74) is 1.52. The predicted molar refractivity (Wildman–Crippen MR) is 289 cm³/mol. The van der Waals surface area contributed by atoms with Gasteiger partial charge < -0.3 is 18.9 Å². The highest BCUT2D eigenvalue weighted by Gasteiger charge is 2.33. The number of carbonyl (C=O) groups excluding carboxylic acids is 2. The van der Waals surface area contributed by atoms with Gasteiger partial charge in [-0.25, -0.2) is 0 Å². The van der Waals surface area contributed by atoms with Crippen LogP contribution in [0.2, 0.25) is 0 Å². The smallest absolute Gasteiger partial charge is 0.194 e. The second-order valence-electron chi connectivity index (χ2n) is 20.5. The van der Waals surface area contributed by atoms with Crippen LogP contribution in [-0.4, -0.2) is 38.0 Å². The molecular weight excluding hydrogens is 841 g/mol. The minimum atomic E-state index is -0.176. The Morgan fingerprint density at radius 3 is 0.544 bits per heavy atom. The monoisotopic (exact) mass is 945 g/mol. The van der Waals surface area contributed by atoms with E-state index in [9.17, 15) is 9.59 Å². The summed E-state index contributed by atoms with van der Waals surface area (Å²) >= 11 is 0. The molecule has 2 aromatic carbocycles. The summed E-state index contributed by atoms with van der Waals surface area (Å²) < 4.78 is 25.7. The van der Waals surface area contributed by atoms with Crippen LogP contribution in [0, 0.1) is 0 Å². The fourth-order valence-electron chi connectivity index (χ4n) is 9.70. The molecule has 3 rings (SSSR count). The van der Waals surface area contributed by atoms with Crippen molar-refractivity contribution in [2.45, 2.75) is 285 Å². The van der Waals surface area contributed by atoms with Crippen molar-refractivity contribution in [3.63, 3.8) is 0 Å². The number of carbonyl (C=O) groups is 2. The second-order valence-corrected chi connectivity index (χ2v) is 20.5. The minimum absolute atomic E-state index is 0.176. The zero-order valence-corrected chi connectivity index (χ0v) is 44.9. The number of fused-ring (bicyclic) bond motifs is 2. The third kappa shape index (κ3) is 25.7. The van der Waals surface area contributed by atoms with Gasteiger partial charge in [0.2, 0.25) is 0 Å². The highest BCUT2D eigenvalue weighted by Crippen LogP contribution is 2.41. The quantitative estimate of drug-likeness (QED) is 0.0525. The Balaban J connectivity index is 1.69. The van der Waals surface area contributed by atoms with Gasteiger partial charge in [0, 0.05) is 22.3 Å². The van der Waals surface area contributed by atoms with Crippen LogP contribution in [0.4, 0.5) is 0 Å². The van der Waals surface area contributed by atoms with E-state index >= 15 is 0 Å². The summed E-state index contributed by atoms with van der Waals surface area (Å²) in [6.45, 7) is 11.3. The van der Waals surface area contributed by atoms with Crippen LogP contribution in [0.5, 0.6) is 23.0 Å². The number of hydrogen-bond donors (Lipinski definition) is 0. The van der Waals surface area contributed by atoms with Gasteiger partial charge in [0.1, 0.15) is 0 Å². The molecule has 0 amide bonds. The van der Waals surface area contributed by atoms with Gasteiger partial charge in [-0.2, -0.15) is 0 Å². The summed E-state index contributed by atoms with van der Waals surface area (Å²) in [4.78, 5) is 28.9. The first-order valence-electron chi connectivity index (χ1n) is 29.5. The highest BCUT2D eigenvalue weighted by molar-refractivity contribution is 6.29. The Hall–Kier alpha value is -3.02. The number of hydrogen-bond acceptors (Lipinski definition) is 6. The Bertz CT molecular complexity index is 1340. The van der Waals surface area contributed by atoms with Crippen LogP contribution in [0.1, 0.15) is 316 Å². The Morgan fingerprint density at radius 1 is 0.235 bits per heavy atom. The molecule has 0 saturated carbocycles. The molecule has 388 valence electrons. The Labute approximate surface area is 419 Å². The van der Waals surface area contributed by atoms with Gasteiger partial charge >= 0.3 is 0 Å². The molecule has 0 heterocycles. The first-order valence-corrected chi connectivity index (χ1v) is 29.5. The second kappa shape index (κ2) is 40.7. The van der Waals surface area contributed by atoms with Crippen molar-refractivity contribution < 1.29 is 28.5 Å². The van der Waals surface area contributed by atoms with Crippen molar-refractivity contribution in [3.05, 3.63) is 46.5 Å². The summed E-state index contributed by atoms with van der Waals surface area (Å²) in [6.07, 6.45) is 50.1. The van der Waals surface area contributed by atoms with E-state index in [2.05, 4.69) is 27.7 Å². The topological polar surface area (TPSA) is 71.1 Å². The maximum atomic E-state index is 14.5. The Kier molecular flexibility index (Phi) is 35.5. The molecule has 2 aromatic rings. The van der Waals surface area contributed by atoms with Crippen LogP contribution in [0.15, 0.2) is 24.3 Å². The van der Waals surface area contributed by atoms with Crippen molar-refractivity contribution in [2.75, 3.05) is 26.4 Å². The molecule has 0 aromatic heterocycles. The largest absolute Gasteiger partial charge is 0.490 e. The first kappa shape index (κ1) is 59.3. The number of rotatable bonds is 48. The van der Waals surface area contributed by atoms with Crippen LogP contribution < -0.4 is 18.9 Å². The van der Waals surface area contributed by atoms with Crippen molar-refractivity contribution >= 4 is 11.6 Å². The van der Waals surface area contributed by atoms with Gasteiger partial charge in [-0.15, -0.1) is 0 Å². The normalized spacial score (nSPS) is 12.1. The zero-order chi connectivity index (χ0) is 48.5. The minimum Gasteiger partial charge on any atom is -0.490 e. The molecule has 0 spiro atoms. The number of unbranched alkanes of at least 4 members (excludes halogenated alkanes) is 36. The molecule has 0 saturated heterocycles. The standard InChI is InChI=1S/C62H104O6/c1-5-9-13-17-21-25-29-33-37-41-45-65-57-49-53-54(50-58(57)66-46-42-38-34-30-26-22-18-14-10-6-2)62(64)56-52-60(68-48-44-40-36-32-28-24-20-16-12-8-4)59(51-55(56)61(53)63)67-47-43-39-35-31-27-23-19-15-11-7-3/h49-52H,5-48H2,1-4H3. The molecule has 6 heteroatoms. The third-order valence-corrected chi connectivity index (χ3v) is 14.2. The van der Waals surface area contributed by atoms with Gasteiger partial charge in [-0.3, -0.25) is 9.59 Å². The maximum absolute atomic E-state index is 14.5. The molecule has 0 unspecified atom stereocenters. The molecule has 0 radical (unpaired) electrons. The molecule has 0 fully saturated rings. The lowest BCUT2D eigenvalue weighted by Gasteiger charge is -2.23. The molecule has 1 aliphatic rings.